The maximum Gasteiger partial charge on any atom is 0.304 e. The van der Waals surface area contributed by atoms with Crippen LogP contribution in [0.15, 0.2) is 24.3 Å². The molecule has 0 heterocycles. The number of carboxylic acids is 1. The quantitative estimate of drug-likeness (QED) is 0.830. The van der Waals surface area contributed by atoms with Crippen molar-refractivity contribution in [2.75, 3.05) is 7.11 Å². The van der Waals surface area contributed by atoms with Crippen LogP contribution in [-0.2, 0) is 11.3 Å². The van der Waals surface area contributed by atoms with E-state index in [1.54, 1.807) is 7.11 Å². The van der Waals surface area contributed by atoms with E-state index in [0.717, 1.165) is 11.3 Å². The van der Waals surface area contributed by atoms with Crippen molar-refractivity contribution in [3.63, 3.8) is 0 Å². The average molecular weight is 265 g/mol. The van der Waals surface area contributed by atoms with Crippen LogP contribution in [-0.4, -0.2) is 24.2 Å². The molecule has 0 amide bonds. The van der Waals surface area contributed by atoms with Crippen LogP contribution < -0.4 is 10.1 Å². The van der Waals surface area contributed by atoms with Gasteiger partial charge in [-0.3, -0.25) is 4.79 Å². The van der Waals surface area contributed by atoms with E-state index in [4.69, 9.17) is 9.84 Å². The van der Waals surface area contributed by atoms with Crippen molar-refractivity contribution >= 4 is 5.97 Å². The molecule has 0 bridgehead atoms. The molecule has 0 fully saturated rings. The topological polar surface area (TPSA) is 58.6 Å². The highest BCUT2D eigenvalue weighted by Crippen LogP contribution is 2.22. The largest absolute Gasteiger partial charge is 0.497 e. The minimum atomic E-state index is -0.776. The first-order chi connectivity index (χ1) is 8.82. The summed E-state index contributed by atoms with van der Waals surface area (Å²) in [6, 6.07) is 7.70. The van der Waals surface area contributed by atoms with Crippen molar-refractivity contribution in [1.29, 1.82) is 0 Å². The summed E-state index contributed by atoms with van der Waals surface area (Å²) >= 11 is 0. The first kappa shape index (κ1) is 15.5. The summed E-state index contributed by atoms with van der Waals surface area (Å²) in [5, 5.41) is 12.3. The highest BCUT2D eigenvalue weighted by molar-refractivity contribution is 5.67. The predicted molar refractivity (Wildman–Crippen MR) is 75.3 cm³/mol. The van der Waals surface area contributed by atoms with Gasteiger partial charge in [0.15, 0.2) is 0 Å². The van der Waals surface area contributed by atoms with E-state index in [9.17, 15) is 4.79 Å². The lowest BCUT2D eigenvalue weighted by Crippen LogP contribution is -2.41. The monoisotopic (exact) mass is 265 g/mol. The van der Waals surface area contributed by atoms with Gasteiger partial charge >= 0.3 is 5.97 Å². The average Bonchev–Trinajstić information content (AvgIpc) is 2.33. The van der Waals surface area contributed by atoms with E-state index in [1.165, 1.54) is 0 Å². The number of ether oxygens (including phenoxy) is 1. The number of hydrogen-bond donors (Lipinski definition) is 2. The number of benzene rings is 1. The van der Waals surface area contributed by atoms with E-state index in [2.05, 4.69) is 5.32 Å². The highest BCUT2D eigenvalue weighted by Gasteiger charge is 2.26. The standard InChI is InChI=1S/C15H23NO3/c1-15(2,3)13(9-14(17)18)16-10-11-5-7-12(19-4)8-6-11/h5-8,13,16H,9-10H2,1-4H3,(H,17,18). The fourth-order valence-corrected chi connectivity index (χ4v) is 1.84. The van der Waals surface area contributed by atoms with Gasteiger partial charge in [0.2, 0.25) is 0 Å². The maximum absolute atomic E-state index is 10.9. The minimum Gasteiger partial charge on any atom is -0.497 e. The van der Waals surface area contributed by atoms with Crippen LogP contribution in [0.4, 0.5) is 0 Å². The molecule has 2 N–H and O–H groups in total. The van der Waals surface area contributed by atoms with Crippen LogP contribution in [0.1, 0.15) is 32.8 Å². The predicted octanol–water partition coefficient (Wildman–Crippen LogP) is 2.67. The van der Waals surface area contributed by atoms with Gasteiger partial charge in [-0.2, -0.15) is 0 Å². The Morgan fingerprint density at radius 3 is 2.32 bits per heavy atom. The number of methoxy groups -OCH3 is 1. The number of nitrogens with one attached hydrogen (secondary N) is 1. The summed E-state index contributed by atoms with van der Waals surface area (Å²) < 4.78 is 5.10. The van der Waals surface area contributed by atoms with Crippen LogP contribution in [0.2, 0.25) is 0 Å². The molecule has 1 rings (SSSR count). The van der Waals surface area contributed by atoms with Gasteiger partial charge in [-0.1, -0.05) is 32.9 Å². The molecule has 4 heteroatoms. The zero-order valence-corrected chi connectivity index (χ0v) is 12.1. The van der Waals surface area contributed by atoms with E-state index < -0.39 is 5.97 Å². The fourth-order valence-electron chi connectivity index (χ4n) is 1.84. The van der Waals surface area contributed by atoms with Gasteiger partial charge in [-0.25, -0.2) is 0 Å². The third kappa shape index (κ3) is 5.30. The molecule has 0 spiro atoms. The second-order valence-corrected chi connectivity index (χ2v) is 5.75. The summed E-state index contributed by atoms with van der Waals surface area (Å²) in [5.41, 5.74) is 1.02. The first-order valence-corrected chi connectivity index (χ1v) is 6.41. The second kappa shape index (κ2) is 6.57. The molecule has 19 heavy (non-hydrogen) atoms. The van der Waals surface area contributed by atoms with Gasteiger partial charge in [0.1, 0.15) is 5.75 Å². The lowest BCUT2D eigenvalue weighted by atomic mass is 9.84. The number of aliphatic carboxylic acids is 1. The molecular weight excluding hydrogens is 242 g/mol. The third-order valence-electron chi connectivity index (χ3n) is 3.14. The van der Waals surface area contributed by atoms with Gasteiger partial charge in [0, 0.05) is 12.6 Å². The normalized spacial score (nSPS) is 13.1. The minimum absolute atomic E-state index is 0.0629. The van der Waals surface area contributed by atoms with E-state index in [0.29, 0.717) is 6.54 Å². The Bertz CT molecular complexity index is 406. The van der Waals surface area contributed by atoms with Crippen molar-refractivity contribution in [3.8, 4) is 5.75 Å². The lowest BCUT2D eigenvalue weighted by Gasteiger charge is -2.30. The number of carboxylic acid groups (broad SMARTS) is 1. The molecule has 4 nitrogen and oxygen atoms in total. The zero-order valence-electron chi connectivity index (χ0n) is 12.1. The van der Waals surface area contributed by atoms with E-state index in [-0.39, 0.29) is 17.9 Å². The van der Waals surface area contributed by atoms with Gasteiger partial charge in [0.25, 0.3) is 0 Å². The lowest BCUT2D eigenvalue weighted by molar-refractivity contribution is -0.138. The summed E-state index contributed by atoms with van der Waals surface area (Å²) in [6.07, 6.45) is 0.125. The molecule has 0 aromatic heterocycles. The molecular formula is C15H23NO3. The molecule has 0 saturated carbocycles. The molecule has 1 aromatic rings. The first-order valence-electron chi connectivity index (χ1n) is 6.41. The Kier molecular flexibility index (Phi) is 5.36. The molecule has 1 atom stereocenters. The van der Waals surface area contributed by atoms with Crippen LogP contribution in [0.25, 0.3) is 0 Å². The van der Waals surface area contributed by atoms with Crippen LogP contribution in [0, 0.1) is 5.41 Å². The summed E-state index contributed by atoms with van der Waals surface area (Å²) in [7, 11) is 1.63. The van der Waals surface area contributed by atoms with Crippen LogP contribution in [0.3, 0.4) is 0 Å². The molecule has 0 aliphatic rings. The summed E-state index contributed by atoms with van der Waals surface area (Å²) in [6.45, 7) is 6.78. The van der Waals surface area contributed by atoms with Crippen molar-refractivity contribution in [2.45, 2.75) is 39.8 Å². The van der Waals surface area contributed by atoms with Gasteiger partial charge < -0.3 is 15.2 Å². The fraction of sp³-hybridized carbons (Fsp3) is 0.533. The Morgan fingerprint density at radius 2 is 1.89 bits per heavy atom. The molecule has 0 saturated heterocycles. The Hall–Kier alpha value is -1.55. The summed E-state index contributed by atoms with van der Waals surface area (Å²) in [4.78, 5) is 10.9. The molecule has 106 valence electrons. The Morgan fingerprint density at radius 1 is 1.32 bits per heavy atom. The van der Waals surface area contributed by atoms with Crippen molar-refractivity contribution in [1.82, 2.24) is 5.32 Å². The maximum atomic E-state index is 10.9. The smallest absolute Gasteiger partial charge is 0.304 e. The van der Waals surface area contributed by atoms with Crippen LogP contribution in [0.5, 0.6) is 5.75 Å². The SMILES string of the molecule is COc1ccc(CNC(CC(=O)O)C(C)(C)C)cc1. The van der Waals surface area contributed by atoms with Crippen molar-refractivity contribution in [3.05, 3.63) is 29.8 Å². The number of carbonyl (C=O) groups is 1. The number of hydrogen-bond acceptors (Lipinski definition) is 3. The van der Waals surface area contributed by atoms with Gasteiger partial charge in [-0.15, -0.1) is 0 Å². The molecule has 0 radical (unpaired) electrons. The van der Waals surface area contributed by atoms with Gasteiger partial charge in [-0.05, 0) is 23.1 Å². The molecule has 0 aliphatic heterocycles. The molecule has 0 aliphatic carbocycles. The third-order valence-corrected chi connectivity index (χ3v) is 3.14. The van der Waals surface area contributed by atoms with Crippen molar-refractivity contribution < 1.29 is 14.6 Å². The summed E-state index contributed by atoms with van der Waals surface area (Å²) in [5.74, 6) is 0.0452. The highest BCUT2D eigenvalue weighted by atomic mass is 16.5. The molecule has 1 aromatic carbocycles. The Labute approximate surface area is 114 Å². The Balaban J connectivity index is 2.62. The van der Waals surface area contributed by atoms with E-state index >= 15 is 0 Å². The van der Waals surface area contributed by atoms with Crippen molar-refractivity contribution in [2.24, 2.45) is 5.41 Å². The van der Waals surface area contributed by atoms with Gasteiger partial charge in [0.05, 0.1) is 13.5 Å². The van der Waals surface area contributed by atoms with E-state index in [1.807, 2.05) is 45.0 Å². The van der Waals surface area contributed by atoms with Crippen LogP contribution >= 0.6 is 0 Å². The number of rotatable bonds is 6. The zero-order chi connectivity index (χ0) is 14.5. The second-order valence-electron chi connectivity index (χ2n) is 5.75. The molecule has 1 unspecified atom stereocenters.